The van der Waals surface area contributed by atoms with Crippen molar-refractivity contribution >= 4 is 33.0 Å². The van der Waals surface area contributed by atoms with E-state index < -0.39 is 16.1 Å². The summed E-state index contributed by atoms with van der Waals surface area (Å²) in [6.07, 6.45) is -0.390. The number of rotatable bonds is 8. The summed E-state index contributed by atoms with van der Waals surface area (Å²) in [5.74, 6) is -0.281. The fraction of sp³-hybridized carbons (Fsp3) is 0.353. The summed E-state index contributed by atoms with van der Waals surface area (Å²) in [7, 11) is -3.66. The molecule has 0 bridgehead atoms. The topological polar surface area (TPSA) is 95.5 Å². The second-order valence-electron chi connectivity index (χ2n) is 5.89. The van der Waals surface area contributed by atoms with Gasteiger partial charge in [-0.25, -0.2) is 13.1 Å². The molecule has 0 radical (unpaired) electrons. The monoisotopic (exact) mass is 382 g/mol. The van der Waals surface area contributed by atoms with Crippen LogP contribution in [-0.4, -0.2) is 26.0 Å². The number of thiophene rings is 1. The maximum atomic E-state index is 12.3. The highest BCUT2D eigenvalue weighted by molar-refractivity contribution is 7.89. The highest BCUT2D eigenvalue weighted by Gasteiger charge is 2.16. The molecule has 6 nitrogen and oxygen atoms in total. The zero-order valence-corrected chi connectivity index (χ0v) is 15.7. The van der Waals surface area contributed by atoms with Gasteiger partial charge in [0.15, 0.2) is 0 Å². The second-order valence-corrected chi connectivity index (χ2v) is 8.63. The minimum atomic E-state index is -3.66. The third kappa shape index (κ3) is 5.64. The van der Waals surface area contributed by atoms with Crippen LogP contribution in [0.3, 0.4) is 0 Å². The molecule has 0 aliphatic rings. The maximum absolute atomic E-state index is 12.3. The van der Waals surface area contributed by atoms with Crippen LogP contribution in [0.15, 0.2) is 46.7 Å². The van der Waals surface area contributed by atoms with Crippen LogP contribution in [0.4, 0.5) is 5.69 Å². The average molecular weight is 383 g/mol. The molecule has 0 unspecified atom stereocenters. The summed E-state index contributed by atoms with van der Waals surface area (Å²) in [5, 5.41) is 14.5. The van der Waals surface area contributed by atoms with E-state index >= 15 is 0 Å². The van der Waals surface area contributed by atoms with Crippen molar-refractivity contribution in [3.63, 3.8) is 0 Å². The summed E-state index contributed by atoms with van der Waals surface area (Å²) in [6.45, 7) is 3.69. The quantitative estimate of drug-likeness (QED) is 0.654. The molecular weight excluding hydrogens is 360 g/mol. The zero-order valence-electron chi connectivity index (χ0n) is 14.1. The van der Waals surface area contributed by atoms with Crippen molar-refractivity contribution < 1.29 is 18.3 Å². The SMILES string of the molecule is CC(C)C(=O)Nc1ccc(S(=O)(=O)NCC[C@H](O)c2cccs2)cc1. The van der Waals surface area contributed by atoms with Gasteiger partial charge in [0.1, 0.15) is 0 Å². The molecule has 8 heteroatoms. The molecule has 0 spiro atoms. The highest BCUT2D eigenvalue weighted by Crippen LogP contribution is 2.21. The molecule has 2 rings (SSSR count). The summed E-state index contributed by atoms with van der Waals surface area (Å²) in [5.41, 5.74) is 0.547. The molecule has 0 aliphatic heterocycles. The van der Waals surface area contributed by atoms with E-state index in [1.165, 1.54) is 23.5 Å². The van der Waals surface area contributed by atoms with Gasteiger partial charge in [-0.3, -0.25) is 4.79 Å². The van der Waals surface area contributed by atoms with Crippen LogP contribution in [0, 0.1) is 5.92 Å². The molecule has 0 saturated carbocycles. The number of benzene rings is 1. The zero-order chi connectivity index (χ0) is 18.4. The third-order valence-electron chi connectivity index (χ3n) is 3.54. The van der Waals surface area contributed by atoms with Crippen molar-refractivity contribution in [1.82, 2.24) is 4.72 Å². The average Bonchev–Trinajstić information content (AvgIpc) is 3.09. The standard InChI is InChI=1S/C17H22N2O4S2/c1-12(2)17(21)19-13-5-7-14(8-6-13)25(22,23)18-10-9-15(20)16-4-3-11-24-16/h3-8,11-12,15,18,20H,9-10H2,1-2H3,(H,19,21)/t15-/m0/s1. The summed E-state index contributed by atoms with van der Waals surface area (Å²) in [6, 6.07) is 9.63. The van der Waals surface area contributed by atoms with Crippen molar-refractivity contribution in [3.8, 4) is 0 Å². The minimum Gasteiger partial charge on any atom is -0.388 e. The molecular formula is C17H22N2O4S2. The first-order valence-corrected chi connectivity index (χ1v) is 10.3. The lowest BCUT2D eigenvalue weighted by atomic mass is 10.2. The number of aliphatic hydroxyl groups is 1. The molecule has 1 heterocycles. The molecule has 0 saturated heterocycles. The van der Waals surface area contributed by atoms with Gasteiger partial charge in [0.25, 0.3) is 0 Å². The Morgan fingerprint density at radius 3 is 2.44 bits per heavy atom. The van der Waals surface area contributed by atoms with Crippen LogP contribution in [0.1, 0.15) is 31.2 Å². The minimum absolute atomic E-state index is 0.112. The normalized spacial score (nSPS) is 13.0. The van der Waals surface area contributed by atoms with E-state index in [2.05, 4.69) is 10.0 Å². The number of hydrogen-bond acceptors (Lipinski definition) is 5. The van der Waals surface area contributed by atoms with Gasteiger partial charge < -0.3 is 10.4 Å². The van der Waals surface area contributed by atoms with Gasteiger partial charge in [-0.15, -0.1) is 11.3 Å². The van der Waals surface area contributed by atoms with E-state index in [9.17, 15) is 18.3 Å². The molecule has 3 N–H and O–H groups in total. The number of aliphatic hydroxyl groups excluding tert-OH is 1. The Morgan fingerprint density at radius 1 is 1.20 bits per heavy atom. The van der Waals surface area contributed by atoms with E-state index in [0.29, 0.717) is 12.1 Å². The fourth-order valence-electron chi connectivity index (χ4n) is 2.04. The van der Waals surface area contributed by atoms with Gasteiger partial charge in [0.2, 0.25) is 15.9 Å². The fourth-order valence-corrected chi connectivity index (χ4v) is 3.83. The van der Waals surface area contributed by atoms with Gasteiger partial charge in [-0.2, -0.15) is 0 Å². The summed E-state index contributed by atoms with van der Waals surface area (Å²) >= 11 is 1.43. The summed E-state index contributed by atoms with van der Waals surface area (Å²) in [4.78, 5) is 12.6. The first kappa shape index (κ1) is 19.6. The number of anilines is 1. The van der Waals surface area contributed by atoms with Crippen LogP contribution in [-0.2, 0) is 14.8 Å². The third-order valence-corrected chi connectivity index (χ3v) is 5.99. The molecule has 2 aromatic rings. The number of hydrogen-bond donors (Lipinski definition) is 3. The molecule has 0 fully saturated rings. The number of nitrogens with one attached hydrogen (secondary N) is 2. The lowest BCUT2D eigenvalue weighted by Gasteiger charge is -2.11. The highest BCUT2D eigenvalue weighted by atomic mass is 32.2. The van der Waals surface area contributed by atoms with Gasteiger partial charge in [0.05, 0.1) is 11.0 Å². The smallest absolute Gasteiger partial charge is 0.240 e. The number of amides is 1. The van der Waals surface area contributed by atoms with E-state index in [1.807, 2.05) is 17.5 Å². The lowest BCUT2D eigenvalue weighted by molar-refractivity contribution is -0.118. The van der Waals surface area contributed by atoms with Crippen molar-refractivity contribution in [2.24, 2.45) is 5.92 Å². The molecule has 1 atom stereocenters. The van der Waals surface area contributed by atoms with Gasteiger partial charge in [-0.05, 0) is 42.1 Å². The maximum Gasteiger partial charge on any atom is 0.240 e. The second kappa shape index (κ2) is 8.57. The first-order valence-electron chi connectivity index (χ1n) is 7.91. The Bertz CT molecular complexity index is 785. The Kier molecular flexibility index (Phi) is 6.71. The first-order chi connectivity index (χ1) is 11.8. The van der Waals surface area contributed by atoms with Crippen LogP contribution >= 0.6 is 11.3 Å². The number of sulfonamides is 1. The number of carbonyl (C=O) groups excluding carboxylic acids is 1. The predicted molar refractivity (Wildman–Crippen MR) is 99.0 cm³/mol. The Labute approximate surface area is 151 Å². The van der Waals surface area contributed by atoms with Gasteiger partial charge >= 0.3 is 0 Å². The Morgan fingerprint density at radius 2 is 1.88 bits per heavy atom. The van der Waals surface area contributed by atoms with Gasteiger partial charge in [0, 0.05) is 23.0 Å². The molecule has 1 amide bonds. The van der Waals surface area contributed by atoms with E-state index in [4.69, 9.17) is 0 Å². The van der Waals surface area contributed by atoms with E-state index in [1.54, 1.807) is 26.0 Å². The molecule has 0 aliphatic carbocycles. The molecule has 25 heavy (non-hydrogen) atoms. The van der Waals surface area contributed by atoms with Crippen molar-refractivity contribution in [2.45, 2.75) is 31.3 Å². The molecule has 1 aromatic carbocycles. The van der Waals surface area contributed by atoms with Crippen LogP contribution < -0.4 is 10.0 Å². The van der Waals surface area contributed by atoms with Crippen molar-refractivity contribution in [2.75, 3.05) is 11.9 Å². The Hall–Kier alpha value is -1.74. The molecule has 136 valence electrons. The van der Waals surface area contributed by atoms with Gasteiger partial charge in [-0.1, -0.05) is 19.9 Å². The van der Waals surface area contributed by atoms with Crippen LogP contribution in [0.5, 0.6) is 0 Å². The number of carbonyl (C=O) groups is 1. The lowest BCUT2D eigenvalue weighted by Crippen LogP contribution is -2.26. The van der Waals surface area contributed by atoms with Crippen LogP contribution in [0.2, 0.25) is 0 Å². The van der Waals surface area contributed by atoms with Crippen molar-refractivity contribution in [1.29, 1.82) is 0 Å². The Balaban J connectivity index is 1.91. The van der Waals surface area contributed by atoms with E-state index in [0.717, 1.165) is 4.88 Å². The summed E-state index contributed by atoms with van der Waals surface area (Å²) < 4.78 is 27.0. The van der Waals surface area contributed by atoms with Crippen LogP contribution in [0.25, 0.3) is 0 Å². The van der Waals surface area contributed by atoms with E-state index in [-0.39, 0.29) is 23.3 Å². The largest absolute Gasteiger partial charge is 0.388 e. The predicted octanol–water partition coefficient (Wildman–Crippen LogP) is 2.74. The van der Waals surface area contributed by atoms with Crippen molar-refractivity contribution in [3.05, 3.63) is 46.7 Å². The molecule has 1 aromatic heterocycles.